The smallest absolute Gasteiger partial charge is 0.345 e. The van der Waals surface area contributed by atoms with Crippen molar-refractivity contribution in [2.75, 3.05) is 0 Å². The van der Waals surface area contributed by atoms with Gasteiger partial charge in [-0.1, -0.05) is 13.8 Å². The van der Waals surface area contributed by atoms with Crippen molar-refractivity contribution in [3.63, 3.8) is 0 Å². The second-order valence-electron chi connectivity index (χ2n) is 6.39. The molecule has 1 aliphatic rings. The van der Waals surface area contributed by atoms with Crippen LogP contribution < -0.4 is 10.4 Å². The highest BCUT2D eigenvalue weighted by Gasteiger charge is 2.26. The summed E-state index contributed by atoms with van der Waals surface area (Å²) in [4.78, 5) is 23.5. The molecule has 0 amide bonds. The van der Waals surface area contributed by atoms with Crippen LogP contribution >= 0.6 is 0 Å². The van der Waals surface area contributed by atoms with Crippen molar-refractivity contribution in [3.8, 4) is 5.75 Å². The van der Waals surface area contributed by atoms with Crippen molar-refractivity contribution < 1.29 is 19.1 Å². The van der Waals surface area contributed by atoms with E-state index in [1.807, 2.05) is 6.07 Å². The molecule has 122 valence electrons. The number of carbonyl (C=O) groups is 1. The van der Waals surface area contributed by atoms with Gasteiger partial charge in [-0.3, -0.25) is 0 Å². The standard InChI is InChI=1S/C18H20O5/c1-9(2)15(17(19)20)22-14-8-7-12-11-5-4-6-13(11)18(21)23-16(12)10(14)3/h7-9,15H,4-6H2,1-3H3,(H,19,20). The maximum atomic E-state index is 12.1. The van der Waals surface area contributed by atoms with Crippen LogP contribution in [0.1, 0.15) is 37.0 Å². The Morgan fingerprint density at radius 3 is 2.61 bits per heavy atom. The van der Waals surface area contributed by atoms with Crippen molar-refractivity contribution in [1.82, 2.24) is 0 Å². The normalized spacial score (nSPS) is 15.0. The fourth-order valence-corrected chi connectivity index (χ4v) is 3.20. The number of fused-ring (bicyclic) bond motifs is 3. The van der Waals surface area contributed by atoms with Gasteiger partial charge >= 0.3 is 11.6 Å². The van der Waals surface area contributed by atoms with Crippen molar-refractivity contribution in [3.05, 3.63) is 39.2 Å². The zero-order chi connectivity index (χ0) is 16.7. The topological polar surface area (TPSA) is 76.7 Å². The van der Waals surface area contributed by atoms with Gasteiger partial charge in [0.1, 0.15) is 11.3 Å². The number of aryl methyl sites for hydroxylation is 2. The summed E-state index contributed by atoms with van der Waals surface area (Å²) in [5, 5.41) is 10.2. The molecule has 2 aromatic rings. The van der Waals surface area contributed by atoms with E-state index < -0.39 is 12.1 Å². The van der Waals surface area contributed by atoms with Gasteiger partial charge in [-0.05, 0) is 43.9 Å². The summed E-state index contributed by atoms with van der Waals surface area (Å²) in [6.45, 7) is 5.38. The third kappa shape index (κ3) is 2.60. The second-order valence-corrected chi connectivity index (χ2v) is 6.39. The molecule has 1 aromatic heterocycles. The Morgan fingerprint density at radius 2 is 1.96 bits per heavy atom. The molecule has 1 heterocycles. The lowest BCUT2D eigenvalue weighted by Crippen LogP contribution is -2.32. The number of carboxylic acid groups (broad SMARTS) is 1. The highest BCUT2D eigenvalue weighted by molar-refractivity contribution is 5.86. The first-order valence-corrected chi connectivity index (χ1v) is 7.87. The van der Waals surface area contributed by atoms with Crippen LogP contribution in [0.15, 0.2) is 21.3 Å². The molecule has 1 atom stereocenters. The van der Waals surface area contributed by atoms with E-state index in [1.165, 1.54) is 0 Å². The van der Waals surface area contributed by atoms with Gasteiger partial charge in [0.25, 0.3) is 0 Å². The SMILES string of the molecule is Cc1c(OC(C(=O)O)C(C)C)ccc2c3c(c(=O)oc12)CCC3. The number of ether oxygens (including phenoxy) is 1. The molecule has 0 spiro atoms. The Balaban J connectivity index is 2.11. The summed E-state index contributed by atoms with van der Waals surface area (Å²) in [7, 11) is 0. The summed E-state index contributed by atoms with van der Waals surface area (Å²) < 4.78 is 11.2. The highest BCUT2D eigenvalue weighted by atomic mass is 16.5. The molecule has 1 unspecified atom stereocenters. The van der Waals surface area contributed by atoms with Crippen LogP contribution in [0, 0.1) is 12.8 Å². The van der Waals surface area contributed by atoms with Crippen molar-refractivity contribution >= 4 is 16.9 Å². The first-order valence-electron chi connectivity index (χ1n) is 7.87. The van der Waals surface area contributed by atoms with Crippen LogP contribution in [-0.2, 0) is 17.6 Å². The van der Waals surface area contributed by atoms with Crippen molar-refractivity contribution in [1.29, 1.82) is 0 Å². The number of hydrogen-bond donors (Lipinski definition) is 1. The molecular formula is C18H20O5. The monoisotopic (exact) mass is 316 g/mol. The lowest BCUT2D eigenvalue weighted by Gasteiger charge is -2.20. The molecule has 1 N–H and O–H groups in total. The van der Waals surface area contributed by atoms with E-state index >= 15 is 0 Å². The lowest BCUT2D eigenvalue weighted by molar-refractivity contribution is -0.147. The van der Waals surface area contributed by atoms with Crippen molar-refractivity contribution in [2.45, 2.75) is 46.1 Å². The van der Waals surface area contributed by atoms with E-state index in [9.17, 15) is 14.7 Å². The van der Waals surface area contributed by atoms with Gasteiger partial charge < -0.3 is 14.3 Å². The van der Waals surface area contributed by atoms with E-state index in [0.29, 0.717) is 16.9 Å². The van der Waals surface area contributed by atoms with Gasteiger partial charge in [-0.2, -0.15) is 0 Å². The lowest BCUT2D eigenvalue weighted by atomic mass is 10.0. The largest absolute Gasteiger partial charge is 0.478 e. The van der Waals surface area contributed by atoms with Gasteiger partial charge in [-0.15, -0.1) is 0 Å². The number of carboxylic acids is 1. The minimum atomic E-state index is -1.00. The Kier molecular flexibility index (Phi) is 3.88. The fourth-order valence-electron chi connectivity index (χ4n) is 3.20. The average Bonchev–Trinajstić information content (AvgIpc) is 2.97. The molecular weight excluding hydrogens is 296 g/mol. The molecule has 1 aromatic carbocycles. The van der Waals surface area contributed by atoms with Crippen LogP contribution in [0.4, 0.5) is 0 Å². The molecule has 5 heteroatoms. The molecule has 0 radical (unpaired) electrons. The molecule has 0 saturated carbocycles. The van der Waals surface area contributed by atoms with Crippen LogP contribution in [0.3, 0.4) is 0 Å². The van der Waals surface area contributed by atoms with E-state index in [4.69, 9.17) is 9.15 Å². The Morgan fingerprint density at radius 1 is 1.26 bits per heavy atom. The number of rotatable bonds is 4. The fraction of sp³-hybridized carbons (Fsp3) is 0.444. The molecule has 0 saturated heterocycles. The molecule has 0 aliphatic heterocycles. The molecule has 1 aliphatic carbocycles. The number of aliphatic carboxylic acids is 1. The zero-order valence-corrected chi connectivity index (χ0v) is 13.5. The van der Waals surface area contributed by atoms with Crippen LogP contribution in [0.5, 0.6) is 5.75 Å². The van der Waals surface area contributed by atoms with E-state index in [-0.39, 0.29) is 11.5 Å². The first-order chi connectivity index (χ1) is 10.9. The van der Waals surface area contributed by atoms with E-state index in [1.54, 1.807) is 26.8 Å². The van der Waals surface area contributed by atoms with Crippen molar-refractivity contribution in [2.24, 2.45) is 5.92 Å². The molecule has 5 nitrogen and oxygen atoms in total. The summed E-state index contributed by atoms with van der Waals surface area (Å²) in [6.07, 6.45) is 1.66. The minimum Gasteiger partial charge on any atom is -0.478 e. The third-order valence-electron chi connectivity index (χ3n) is 4.44. The minimum absolute atomic E-state index is 0.172. The quantitative estimate of drug-likeness (QED) is 0.877. The molecule has 3 rings (SSSR count). The second kappa shape index (κ2) is 5.72. The maximum Gasteiger partial charge on any atom is 0.345 e. The summed E-state index contributed by atoms with van der Waals surface area (Å²) in [6, 6.07) is 3.64. The van der Waals surface area contributed by atoms with Crippen LogP contribution in [0.2, 0.25) is 0 Å². The molecule has 0 bridgehead atoms. The Labute approximate surface area is 133 Å². The first kappa shape index (κ1) is 15.6. The van der Waals surface area contributed by atoms with Crippen LogP contribution in [0.25, 0.3) is 11.0 Å². The van der Waals surface area contributed by atoms with Gasteiger partial charge in [0.15, 0.2) is 6.10 Å². The summed E-state index contributed by atoms with van der Waals surface area (Å²) >= 11 is 0. The highest BCUT2D eigenvalue weighted by Crippen LogP contribution is 2.33. The number of benzene rings is 1. The Hall–Kier alpha value is -2.30. The molecule has 0 fully saturated rings. The summed E-state index contributed by atoms with van der Waals surface area (Å²) in [5.41, 5.74) is 2.71. The predicted octanol–water partition coefficient (Wildman–Crippen LogP) is 3.08. The third-order valence-corrected chi connectivity index (χ3v) is 4.44. The Bertz CT molecular complexity index is 831. The van der Waals surface area contributed by atoms with Gasteiger partial charge in [-0.25, -0.2) is 9.59 Å². The van der Waals surface area contributed by atoms with Gasteiger partial charge in [0.2, 0.25) is 0 Å². The average molecular weight is 316 g/mol. The number of hydrogen-bond acceptors (Lipinski definition) is 4. The zero-order valence-electron chi connectivity index (χ0n) is 13.5. The predicted molar refractivity (Wildman–Crippen MR) is 86.1 cm³/mol. The maximum absolute atomic E-state index is 12.1. The summed E-state index contributed by atoms with van der Waals surface area (Å²) in [5.74, 6) is -0.732. The van der Waals surface area contributed by atoms with E-state index in [2.05, 4.69) is 0 Å². The van der Waals surface area contributed by atoms with Gasteiger partial charge in [0, 0.05) is 22.4 Å². The van der Waals surface area contributed by atoms with Crippen LogP contribution in [-0.4, -0.2) is 17.2 Å². The van der Waals surface area contributed by atoms with Gasteiger partial charge in [0.05, 0.1) is 0 Å². The molecule has 23 heavy (non-hydrogen) atoms. The van der Waals surface area contributed by atoms with E-state index in [0.717, 1.165) is 35.8 Å².